The molecule has 342 valence electrons. The Hall–Kier alpha value is -5.18. The molecule has 1 aromatic carbocycles. The van der Waals surface area contributed by atoms with E-state index in [1.165, 1.54) is 16.3 Å². The number of pyridine rings is 1. The molecule has 3 aromatic heterocycles. The van der Waals surface area contributed by atoms with Gasteiger partial charge in [-0.25, -0.2) is 10.4 Å². The van der Waals surface area contributed by atoms with Gasteiger partial charge >= 0.3 is 5.97 Å². The van der Waals surface area contributed by atoms with E-state index in [9.17, 15) is 19.2 Å². The summed E-state index contributed by atoms with van der Waals surface area (Å²) in [6.45, 7) is 14.4. The molecule has 0 radical (unpaired) electrons. The van der Waals surface area contributed by atoms with Crippen molar-refractivity contribution in [2.45, 2.75) is 110 Å². The smallest absolute Gasteiger partial charge is 0.324 e. The first-order valence-corrected chi connectivity index (χ1v) is 23.1. The molecule has 2 saturated heterocycles. The lowest BCUT2D eigenvalue weighted by Gasteiger charge is -2.37. The van der Waals surface area contributed by atoms with Crippen molar-refractivity contribution in [1.29, 1.82) is 0 Å². The number of carbonyl (C=O) groups is 4. The fraction of sp³-hybridized carbons (Fsp3) is 0.542. The van der Waals surface area contributed by atoms with Crippen LogP contribution in [-0.4, -0.2) is 131 Å². The molecule has 3 atom stereocenters. The van der Waals surface area contributed by atoms with Crippen LogP contribution in [0.2, 0.25) is 0 Å². The van der Waals surface area contributed by atoms with Gasteiger partial charge < -0.3 is 29.0 Å². The first-order chi connectivity index (χ1) is 30.5. The summed E-state index contributed by atoms with van der Waals surface area (Å²) in [6, 6.07) is 8.74. The summed E-state index contributed by atoms with van der Waals surface area (Å²) >= 11 is 1.43. The SMILES string of the molecule is CCn1c(-c2cccnc2[C@H](C)OC)c2c3cc(ccc31)-c1csc(n1)C[C@H](NC(=O)CCOC1CN(C(=O)C#CC(C)(C)N(C)C)C1)C(=O)N1CCC[C@H](N1)C(=O)OCC(C)(C)C2. The number of esters is 1. The normalized spacial score (nSPS) is 20.0. The lowest BCUT2D eigenvalue weighted by Crippen LogP contribution is -2.60. The average molecular weight is 895 g/mol. The molecule has 6 bridgehead atoms. The topological polar surface area (TPSA) is 160 Å². The van der Waals surface area contributed by atoms with Crippen LogP contribution in [0.4, 0.5) is 0 Å². The maximum Gasteiger partial charge on any atom is 0.324 e. The van der Waals surface area contributed by atoms with Crippen LogP contribution >= 0.6 is 11.3 Å². The van der Waals surface area contributed by atoms with Crippen LogP contribution < -0.4 is 10.7 Å². The van der Waals surface area contributed by atoms with Gasteiger partial charge in [-0.05, 0) is 96.8 Å². The molecule has 0 aliphatic carbocycles. The zero-order valence-electron chi connectivity index (χ0n) is 38.6. The molecule has 4 aromatic rings. The number of methoxy groups -OCH3 is 1. The molecule has 0 unspecified atom stereocenters. The zero-order valence-corrected chi connectivity index (χ0v) is 39.4. The van der Waals surface area contributed by atoms with Crippen molar-refractivity contribution in [2.24, 2.45) is 5.41 Å². The quantitative estimate of drug-likeness (QED) is 0.160. The second-order valence-electron chi connectivity index (χ2n) is 18.5. The number of likely N-dealkylation sites (tertiary alicyclic amines) is 1. The Kier molecular flexibility index (Phi) is 14.3. The van der Waals surface area contributed by atoms with Crippen molar-refractivity contribution in [3.63, 3.8) is 0 Å². The van der Waals surface area contributed by atoms with Gasteiger partial charge in [0, 0.05) is 85.2 Å². The maximum atomic E-state index is 14.3. The number of rotatable bonds is 10. The van der Waals surface area contributed by atoms with Gasteiger partial charge in [0.05, 0.1) is 53.1 Å². The van der Waals surface area contributed by atoms with E-state index in [2.05, 4.69) is 72.2 Å². The van der Waals surface area contributed by atoms with Crippen LogP contribution in [-0.2, 0) is 52.8 Å². The molecule has 2 fully saturated rings. The van der Waals surface area contributed by atoms with Crippen LogP contribution in [0.25, 0.3) is 33.4 Å². The summed E-state index contributed by atoms with van der Waals surface area (Å²) < 4.78 is 20.1. The van der Waals surface area contributed by atoms with Gasteiger partial charge in [0.2, 0.25) is 5.91 Å². The van der Waals surface area contributed by atoms with E-state index in [-0.39, 0.29) is 56.0 Å². The van der Waals surface area contributed by atoms with Crippen LogP contribution in [0.15, 0.2) is 41.9 Å². The van der Waals surface area contributed by atoms with Crippen LogP contribution in [0.5, 0.6) is 0 Å². The predicted molar refractivity (Wildman–Crippen MR) is 246 cm³/mol. The van der Waals surface area contributed by atoms with Gasteiger partial charge in [-0.15, -0.1) is 11.3 Å². The molecule has 3 amide bonds. The number of benzene rings is 1. The summed E-state index contributed by atoms with van der Waals surface area (Å²) in [5, 5.41) is 8.13. The van der Waals surface area contributed by atoms with Crippen molar-refractivity contribution in [1.82, 2.24) is 40.1 Å². The third kappa shape index (κ3) is 10.3. The van der Waals surface area contributed by atoms with Gasteiger partial charge in [0.15, 0.2) is 0 Å². The zero-order chi connectivity index (χ0) is 45.9. The summed E-state index contributed by atoms with van der Waals surface area (Å²) in [4.78, 5) is 67.5. The molecule has 3 aliphatic rings. The summed E-state index contributed by atoms with van der Waals surface area (Å²) in [5.74, 6) is 4.35. The molecule has 3 aliphatic heterocycles. The van der Waals surface area contributed by atoms with Crippen LogP contribution in [0.1, 0.15) is 83.2 Å². The molecule has 16 heteroatoms. The number of aromatic nitrogens is 3. The average Bonchev–Trinajstić information content (AvgIpc) is 3.85. The standard InChI is InChI=1S/C48H62N8O7S/c1-10-55-39-16-15-31-23-34(39)35(44(55)33-13-11-20-49-43(33)30(2)61-9)25-47(3,4)29-63-46(60)36-14-12-21-56(52-36)45(59)37(24-41-51-38(31)28-64-41)50-40(57)18-22-62-32-26-54(27-32)42(58)17-19-48(5,6)53(7)8/h11,13,15-16,20,23,28,30,32,36-37,52H,10,12,14,18,21-22,24-27,29H2,1-9H3,(H,50,57)/t30-,36-,37-/m0/s1. The molecule has 0 saturated carbocycles. The Balaban J connectivity index is 1.14. The molecule has 64 heavy (non-hydrogen) atoms. The highest BCUT2D eigenvalue weighted by Crippen LogP contribution is 2.42. The minimum absolute atomic E-state index is 0.0129. The molecule has 6 heterocycles. The molecule has 7 rings (SSSR count). The lowest BCUT2D eigenvalue weighted by atomic mass is 9.84. The van der Waals surface area contributed by atoms with Crippen molar-refractivity contribution in [3.05, 3.63) is 58.2 Å². The number of thiazole rings is 1. The molecular formula is C48H62N8O7S. The molecule has 0 spiro atoms. The number of fused-ring (bicyclic) bond motifs is 6. The summed E-state index contributed by atoms with van der Waals surface area (Å²) in [6.07, 6.45) is 3.17. The van der Waals surface area contributed by atoms with E-state index in [4.69, 9.17) is 24.2 Å². The Bertz CT molecular complexity index is 2440. The number of aryl methyl sites for hydroxylation is 1. The number of hydrogen-bond acceptors (Lipinski definition) is 12. The summed E-state index contributed by atoms with van der Waals surface area (Å²) in [7, 11) is 5.52. The second kappa shape index (κ2) is 19.5. The van der Waals surface area contributed by atoms with E-state index in [1.54, 1.807) is 18.2 Å². The molecular weight excluding hydrogens is 833 g/mol. The first kappa shape index (κ1) is 46.8. The third-order valence-corrected chi connectivity index (χ3v) is 13.5. The Morgan fingerprint density at radius 1 is 1.19 bits per heavy atom. The van der Waals surface area contributed by atoms with E-state index in [1.807, 2.05) is 51.2 Å². The third-order valence-electron chi connectivity index (χ3n) is 12.6. The number of amides is 3. The highest BCUT2D eigenvalue weighted by atomic mass is 32.1. The van der Waals surface area contributed by atoms with Crippen molar-refractivity contribution < 1.29 is 33.4 Å². The number of cyclic esters (lactones) is 1. The number of ether oxygens (including phenoxy) is 3. The van der Waals surface area contributed by atoms with Crippen LogP contribution in [0, 0.1) is 17.3 Å². The van der Waals surface area contributed by atoms with Crippen molar-refractivity contribution in [2.75, 3.05) is 54.1 Å². The van der Waals surface area contributed by atoms with Gasteiger partial charge in [0.25, 0.3) is 11.8 Å². The van der Waals surface area contributed by atoms with E-state index < -0.39 is 29.0 Å². The Morgan fingerprint density at radius 3 is 2.70 bits per heavy atom. The number of hydrazine groups is 1. The minimum Gasteiger partial charge on any atom is -0.464 e. The van der Waals surface area contributed by atoms with Crippen molar-refractivity contribution in [3.8, 4) is 34.4 Å². The first-order valence-electron chi connectivity index (χ1n) is 22.2. The van der Waals surface area contributed by atoms with Gasteiger partial charge in [-0.2, -0.15) is 0 Å². The van der Waals surface area contributed by atoms with E-state index in [0.29, 0.717) is 50.4 Å². The van der Waals surface area contributed by atoms with Gasteiger partial charge in [0.1, 0.15) is 12.1 Å². The fourth-order valence-corrected chi connectivity index (χ4v) is 9.11. The largest absolute Gasteiger partial charge is 0.464 e. The monoisotopic (exact) mass is 894 g/mol. The Morgan fingerprint density at radius 2 is 1.97 bits per heavy atom. The highest BCUT2D eigenvalue weighted by Gasteiger charge is 2.36. The number of nitrogens with one attached hydrogen (secondary N) is 2. The second-order valence-corrected chi connectivity index (χ2v) is 19.4. The van der Waals surface area contributed by atoms with E-state index in [0.717, 1.165) is 44.7 Å². The highest BCUT2D eigenvalue weighted by molar-refractivity contribution is 7.10. The fourth-order valence-electron chi connectivity index (χ4n) is 8.26. The van der Waals surface area contributed by atoms with E-state index >= 15 is 0 Å². The van der Waals surface area contributed by atoms with Gasteiger partial charge in [-0.3, -0.25) is 34.1 Å². The number of nitrogens with zero attached hydrogens (tertiary/aromatic N) is 6. The summed E-state index contributed by atoms with van der Waals surface area (Å²) in [5.41, 5.74) is 8.96. The number of carbonyl (C=O) groups excluding carboxylic acids is 4. The van der Waals surface area contributed by atoms with Crippen molar-refractivity contribution >= 4 is 45.9 Å². The molecule has 2 N–H and O–H groups in total. The Labute approximate surface area is 380 Å². The van der Waals surface area contributed by atoms with Gasteiger partial charge in [-0.1, -0.05) is 25.8 Å². The minimum atomic E-state index is -0.966. The maximum absolute atomic E-state index is 14.3. The lowest BCUT2D eigenvalue weighted by molar-refractivity contribution is -0.155. The van der Waals surface area contributed by atoms with Crippen LogP contribution in [0.3, 0.4) is 0 Å². The molecule has 15 nitrogen and oxygen atoms in total. The predicted octanol–water partition coefficient (Wildman–Crippen LogP) is 5.16. The number of hydrogen-bond donors (Lipinski definition) is 2.